The molecule has 10 heteroatoms. The van der Waals surface area contributed by atoms with Crippen LogP contribution in [0.25, 0.3) is 0 Å². The van der Waals surface area contributed by atoms with Gasteiger partial charge in [0.05, 0.1) is 47.0 Å². The average molecular weight is 430 g/mol. The molecule has 0 radical (unpaired) electrons. The molecule has 0 amide bonds. The number of quaternary nitrogens is 2. The highest BCUT2D eigenvalue weighted by atomic mass is 32.3. The number of aliphatic hydroxyl groups is 2. The second-order valence-corrected chi connectivity index (χ2v) is 8.92. The first-order chi connectivity index (χ1) is 13.1. The highest BCUT2D eigenvalue weighted by molar-refractivity contribution is 7.80. The van der Waals surface area contributed by atoms with Crippen LogP contribution in [0, 0.1) is 0 Å². The van der Waals surface area contributed by atoms with Crippen LogP contribution in [0.5, 0.6) is 0 Å². The molecule has 0 fully saturated rings. The quantitative estimate of drug-likeness (QED) is 0.128. The molecule has 0 bridgehead atoms. The van der Waals surface area contributed by atoms with E-state index in [-0.39, 0.29) is 19.8 Å². The number of hydrogen-bond acceptors (Lipinski definition) is 7. The van der Waals surface area contributed by atoms with Gasteiger partial charge in [0.2, 0.25) is 10.4 Å². The Kier molecular flexibility index (Phi) is 14.4. The molecule has 2 atom stereocenters. The van der Waals surface area contributed by atoms with Crippen LogP contribution >= 0.6 is 0 Å². The van der Waals surface area contributed by atoms with Gasteiger partial charge in [-0.3, -0.25) is 4.18 Å². The topological polar surface area (TPSA) is 116 Å². The zero-order chi connectivity index (χ0) is 21.5. The second-order valence-electron chi connectivity index (χ2n) is 7.87. The van der Waals surface area contributed by atoms with E-state index in [1.54, 1.807) is 0 Å². The fraction of sp³-hybridized carbons (Fsp3) is 1.00. The Morgan fingerprint density at radius 1 is 0.786 bits per heavy atom. The minimum Gasteiger partial charge on any atom is -0.726 e. The van der Waals surface area contributed by atoms with Crippen molar-refractivity contribution in [1.82, 2.24) is 0 Å². The molecule has 0 aliphatic rings. The molecule has 0 spiro atoms. The standard InChI is InChI=1S/C18H41N2O7S/c1-4-26-17-13-19(2,11-15-21)9-7-5-6-8-10-20(3,12-16-22)14-18-27-28(23,24)25/h21-22H,4-18H2,1-3H3/q+1. The minimum atomic E-state index is -4.67. The van der Waals surface area contributed by atoms with Gasteiger partial charge in [0.15, 0.2) is 0 Å². The first-order valence-corrected chi connectivity index (χ1v) is 11.5. The molecular formula is C18H41N2O7S+. The summed E-state index contributed by atoms with van der Waals surface area (Å²) in [5, 5.41) is 18.6. The van der Waals surface area contributed by atoms with E-state index in [9.17, 15) is 23.2 Å². The molecule has 2 N–H and O–H groups in total. The maximum atomic E-state index is 10.6. The van der Waals surface area contributed by atoms with Crippen molar-refractivity contribution in [2.24, 2.45) is 0 Å². The largest absolute Gasteiger partial charge is 0.726 e. The summed E-state index contributed by atoms with van der Waals surface area (Å²) in [6.07, 6.45) is 4.11. The van der Waals surface area contributed by atoms with Gasteiger partial charge in [0, 0.05) is 6.61 Å². The van der Waals surface area contributed by atoms with E-state index < -0.39 is 10.4 Å². The van der Waals surface area contributed by atoms with Crippen LogP contribution in [0.4, 0.5) is 0 Å². The number of hydrogen-bond donors (Lipinski definition) is 2. The molecule has 0 heterocycles. The average Bonchev–Trinajstić information content (AvgIpc) is 2.57. The highest BCUT2D eigenvalue weighted by Crippen LogP contribution is 2.11. The summed E-state index contributed by atoms with van der Waals surface area (Å²) < 4.78 is 42.7. The van der Waals surface area contributed by atoms with Crippen molar-refractivity contribution in [2.75, 3.05) is 86.4 Å². The number of unbranched alkanes of at least 4 members (excludes halogenated alkanes) is 3. The van der Waals surface area contributed by atoms with Crippen LogP contribution in [-0.4, -0.2) is 119 Å². The first kappa shape index (κ1) is 27.7. The molecule has 9 nitrogen and oxygen atoms in total. The van der Waals surface area contributed by atoms with Gasteiger partial charge in [0.25, 0.3) is 0 Å². The SMILES string of the molecule is CCOCC[N+](C)(CCO)CCCCCC[N+](C)(CCO)CCOS(=O)(=O)[O-]. The summed E-state index contributed by atoms with van der Waals surface area (Å²) in [5.41, 5.74) is 0. The Hall–Kier alpha value is -0.330. The zero-order valence-electron chi connectivity index (χ0n) is 17.8. The lowest BCUT2D eigenvalue weighted by Crippen LogP contribution is -2.49. The smallest absolute Gasteiger partial charge is 0.217 e. The molecular weight excluding hydrogens is 388 g/mol. The van der Waals surface area contributed by atoms with Gasteiger partial charge in [-0.25, -0.2) is 8.42 Å². The van der Waals surface area contributed by atoms with Crippen molar-refractivity contribution >= 4 is 10.4 Å². The predicted molar refractivity (Wildman–Crippen MR) is 106 cm³/mol. The Labute approximate surface area is 171 Å². The summed E-state index contributed by atoms with van der Waals surface area (Å²) in [6, 6.07) is 0. The fourth-order valence-electron chi connectivity index (χ4n) is 3.28. The van der Waals surface area contributed by atoms with Crippen molar-refractivity contribution in [3.8, 4) is 0 Å². The Morgan fingerprint density at radius 2 is 1.25 bits per heavy atom. The van der Waals surface area contributed by atoms with Crippen molar-refractivity contribution in [3.63, 3.8) is 0 Å². The first-order valence-electron chi connectivity index (χ1n) is 10.2. The second kappa shape index (κ2) is 14.6. The van der Waals surface area contributed by atoms with Crippen LogP contribution in [0.1, 0.15) is 32.6 Å². The summed E-state index contributed by atoms with van der Waals surface area (Å²) in [5.74, 6) is 0. The molecule has 0 aliphatic carbocycles. The fourth-order valence-corrected chi connectivity index (χ4v) is 3.56. The van der Waals surface area contributed by atoms with E-state index in [2.05, 4.69) is 11.2 Å². The van der Waals surface area contributed by atoms with Gasteiger partial charge in [-0.15, -0.1) is 0 Å². The highest BCUT2D eigenvalue weighted by Gasteiger charge is 2.22. The summed E-state index contributed by atoms with van der Waals surface area (Å²) in [7, 11) is -0.595. The van der Waals surface area contributed by atoms with Crippen LogP contribution < -0.4 is 0 Å². The van der Waals surface area contributed by atoms with Gasteiger partial charge < -0.3 is 28.5 Å². The van der Waals surface area contributed by atoms with Crippen molar-refractivity contribution in [1.29, 1.82) is 0 Å². The molecule has 0 aromatic rings. The Bertz CT molecular complexity index is 492. The molecule has 0 aliphatic heterocycles. The van der Waals surface area contributed by atoms with E-state index >= 15 is 0 Å². The van der Waals surface area contributed by atoms with Crippen molar-refractivity contribution in [3.05, 3.63) is 0 Å². The molecule has 0 saturated carbocycles. The number of likely N-dealkylation sites (N-methyl/N-ethyl adjacent to an activating group) is 2. The molecule has 0 saturated heterocycles. The molecule has 0 rings (SSSR count). The Balaban J connectivity index is 4.19. The van der Waals surface area contributed by atoms with Crippen molar-refractivity contribution < 1.29 is 41.1 Å². The summed E-state index contributed by atoms with van der Waals surface area (Å²) in [4.78, 5) is 0. The van der Waals surface area contributed by atoms with Crippen LogP contribution in [0.3, 0.4) is 0 Å². The monoisotopic (exact) mass is 429 g/mol. The lowest BCUT2D eigenvalue weighted by molar-refractivity contribution is -0.910. The third kappa shape index (κ3) is 14.6. The van der Waals surface area contributed by atoms with E-state index in [1.807, 2.05) is 14.0 Å². The number of nitrogens with zero attached hydrogens (tertiary/aromatic N) is 2. The van der Waals surface area contributed by atoms with Gasteiger partial charge in [-0.05, 0) is 32.6 Å². The summed E-state index contributed by atoms with van der Waals surface area (Å²) >= 11 is 0. The van der Waals surface area contributed by atoms with Crippen molar-refractivity contribution in [2.45, 2.75) is 32.6 Å². The van der Waals surface area contributed by atoms with Crippen LogP contribution in [-0.2, 0) is 19.3 Å². The Morgan fingerprint density at radius 3 is 1.64 bits per heavy atom. The van der Waals surface area contributed by atoms with E-state index in [0.29, 0.717) is 30.8 Å². The van der Waals surface area contributed by atoms with Gasteiger partial charge >= 0.3 is 0 Å². The van der Waals surface area contributed by atoms with Gasteiger partial charge in [0.1, 0.15) is 32.8 Å². The normalized spacial score (nSPS) is 16.6. The minimum absolute atomic E-state index is 0.00253. The molecule has 170 valence electrons. The van der Waals surface area contributed by atoms with Gasteiger partial charge in [-0.2, -0.15) is 0 Å². The number of rotatable bonds is 19. The maximum Gasteiger partial charge on any atom is 0.217 e. The third-order valence-electron chi connectivity index (χ3n) is 5.26. The van der Waals surface area contributed by atoms with Gasteiger partial charge in [-0.1, -0.05) is 0 Å². The lowest BCUT2D eigenvalue weighted by atomic mass is 10.1. The number of aliphatic hydroxyl groups excluding tert-OH is 2. The molecule has 28 heavy (non-hydrogen) atoms. The number of ether oxygens (including phenoxy) is 1. The molecule has 0 aromatic carbocycles. The maximum absolute atomic E-state index is 10.6. The predicted octanol–water partition coefficient (Wildman–Crippen LogP) is -0.0621. The third-order valence-corrected chi connectivity index (χ3v) is 5.72. The summed E-state index contributed by atoms with van der Waals surface area (Å²) in [6.45, 7) is 7.63. The van der Waals surface area contributed by atoms with E-state index in [1.165, 1.54) is 0 Å². The lowest BCUT2D eigenvalue weighted by Gasteiger charge is -2.34. The van der Waals surface area contributed by atoms with Crippen LogP contribution in [0.15, 0.2) is 0 Å². The zero-order valence-corrected chi connectivity index (χ0v) is 18.7. The van der Waals surface area contributed by atoms with E-state index in [4.69, 9.17) is 4.74 Å². The molecule has 2 unspecified atom stereocenters. The molecule has 0 aromatic heterocycles. The van der Waals surface area contributed by atoms with E-state index in [0.717, 1.165) is 56.3 Å². The van der Waals surface area contributed by atoms with Crippen LogP contribution in [0.2, 0.25) is 0 Å².